The van der Waals surface area contributed by atoms with Crippen molar-refractivity contribution in [3.63, 3.8) is 0 Å². The van der Waals surface area contributed by atoms with Crippen LogP contribution in [0.5, 0.6) is 11.5 Å². The van der Waals surface area contributed by atoms with Crippen molar-refractivity contribution in [1.29, 1.82) is 0 Å². The van der Waals surface area contributed by atoms with Crippen LogP contribution >= 0.6 is 0 Å². The number of carbonyl (C=O) groups excluding carboxylic acids is 2. The average Bonchev–Trinajstić information content (AvgIpc) is 3.43. The molecule has 2 heterocycles. The number of amides is 2. The summed E-state index contributed by atoms with van der Waals surface area (Å²) in [4.78, 5) is 33.5. The Kier molecular flexibility index (Phi) is 10.2. The Labute approximate surface area is 247 Å². The Bertz CT molecular complexity index is 1300. The number of likely N-dealkylation sites (tertiary alicyclic amines) is 1. The first-order valence-electron chi connectivity index (χ1n) is 14.6. The number of halogens is 1. The fourth-order valence-corrected chi connectivity index (χ4v) is 5.69. The van der Waals surface area contributed by atoms with Crippen molar-refractivity contribution in [2.24, 2.45) is 5.92 Å². The highest BCUT2D eigenvalue weighted by Gasteiger charge is 2.40. The molecule has 2 aliphatic rings. The van der Waals surface area contributed by atoms with Crippen LogP contribution in [0.1, 0.15) is 12.0 Å². The summed E-state index contributed by atoms with van der Waals surface area (Å²) in [7, 11) is 1.71. The van der Waals surface area contributed by atoms with Crippen LogP contribution in [0.25, 0.3) is 0 Å². The highest BCUT2D eigenvalue weighted by Crippen LogP contribution is 2.29. The van der Waals surface area contributed by atoms with Gasteiger partial charge in [0.1, 0.15) is 23.4 Å². The lowest BCUT2D eigenvalue weighted by atomic mass is 9.96. The molecule has 0 spiro atoms. The molecule has 2 atom stereocenters. The van der Waals surface area contributed by atoms with Crippen molar-refractivity contribution in [2.45, 2.75) is 18.9 Å². The smallest absolute Gasteiger partial charge is 0.247 e. The fourth-order valence-electron chi connectivity index (χ4n) is 5.69. The number of carbonyl (C=O) groups is 2. The number of nitrogens with zero attached hydrogens (tertiary/aromatic N) is 3. The van der Waals surface area contributed by atoms with E-state index in [4.69, 9.17) is 9.47 Å². The summed E-state index contributed by atoms with van der Waals surface area (Å²) in [5.41, 5.74) is 1.83. The molecule has 2 aliphatic heterocycles. The van der Waals surface area contributed by atoms with Crippen LogP contribution in [0.2, 0.25) is 0 Å². The number of hydrogen-bond donors (Lipinski definition) is 1. The fraction of sp³-hybridized carbons (Fsp3) is 0.394. The van der Waals surface area contributed by atoms with Crippen LogP contribution in [0.3, 0.4) is 0 Å². The van der Waals surface area contributed by atoms with Gasteiger partial charge in [0.25, 0.3) is 0 Å². The van der Waals surface area contributed by atoms with E-state index in [-0.39, 0.29) is 23.5 Å². The molecule has 8 nitrogen and oxygen atoms in total. The highest BCUT2D eigenvalue weighted by molar-refractivity contribution is 5.97. The van der Waals surface area contributed by atoms with Crippen molar-refractivity contribution in [2.75, 3.05) is 64.8 Å². The first-order chi connectivity index (χ1) is 20.5. The van der Waals surface area contributed by atoms with Crippen LogP contribution in [0, 0.1) is 11.7 Å². The Balaban J connectivity index is 1.21. The Morgan fingerprint density at radius 2 is 1.52 bits per heavy atom. The Morgan fingerprint density at radius 3 is 2.19 bits per heavy atom. The van der Waals surface area contributed by atoms with Crippen LogP contribution in [0.4, 0.5) is 10.1 Å². The number of methoxy groups -OCH3 is 1. The molecular formula is C33H39FN4O4. The van der Waals surface area contributed by atoms with Gasteiger partial charge in [-0.2, -0.15) is 0 Å². The summed E-state index contributed by atoms with van der Waals surface area (Å²) < 4.78 is 24.1. The minimum absolute atomic E-state index is 0.000834. The average molecular weight is 575 g/mol. The summed E-state index contributed by atoms with van der Waals surface area (Å²) in [6.45, 7) is 5.92. The third kappa shape index (κ3) is 8.15. The zero-order chi connectivity index (χ0) is 29.3. The van der Waals surface area contributed by atoms with Gasteiger partial charge in [-0.25, -0.2) is 4.39 Å². The molecule has 222 valence electrons. The number of benzene rings is 3. The molecule has 0 aliphatic carbocycles. The molecule has 0 aromatic heterocycles. The van der Waals surface area contributed by atoms with Crippen molar-refractivity contribution in [1.82, 2.24) is 14.7 Å². The molecule has 3 aromatic rings. The van der Waals surface area contributed by atoms with Crippen LogP contribution in [-0.4, -0.2) is 92.1 Å². The van der Waals surface area contributed by atoms with Gasteiger partial charge in [0.15, 0.2) is 0 Å². The SMILES string of the molecule is COCCN1CCN(CC(=O)N2C[C@H](Cc3ccccc3)C[C@H]2C(=O)Nc2ccc(Oc3ccc(F)cc3)cc2)CC1. The van der Waals surface area contributed by atoms with E-state index in [1.54, 1.807) is 48.4 Å². The monoisotopic (exact) mass is 574 g/mol. The van der Waals surface area contributed by atoms with Crippen molar-refractivity contribution in [3.8, 4) is 11.5 Å². The van der Waals surface area contributed by atoms with Gasteiger partial charge in [-0.15, -0.1) is 0 Å². The molecule has 2 fully saturated rings. The van der Waals surface area contributed by atoms with Gasteiger partial charge >= 0.3 is 0 Å². The maximum Gasteiger partial charge on any atom is 0.247 e. The molecule has 2 amide bonds. The maximum atomic E-state index is 13.6. The van der Waals surface area contributed by atoms with Gasteiger partial charge in [0.05, 0.1) is 13.2 Å². The summed E-state index contributed by atoms with van der Waals surface area (Å²) >= 11 is 0. The predicted molar refractivity (Wildman–Crippen MR) is 160 cm³/mol. The molecule has 9 heteroatoms. The first-order valence-corrected chi connectivity index (χ1v) is 14.6. The lowest BCUT2D eigenvalue weighted by Crippen LogP contribution is -2.52. The van der Waals surface area contributed by atoms with E-state index in [1.807, 2.05) is 18.2 Å². The Morgan fingerprint density at radius 1 is 0.881 bits per heavy atom. The highest BCUT2D eigenvalue weighted by atomic mass is 19.1. The van der Waals surface area contributed by atoms with Gasteiger partial charge in [0.2, 0.25) is 11.8 Å². The number of rotatable bonds is 11. The molecular weight excluding hydrogens is 535 g/mol. The third-order valence-electron chi connectivity index (χ3n) is 7.98. The van der Waals surface area contributed by atoms with E-state index in [9.17, 15) is 14.0 Å². The van der Waals surface area contributed by atoms with Gasteiger partial charge in [-0.3, -0.25) is 19.4 Å². The topological polar surface area (TPSA) is 74.4 Å². The summed E-state index contributed by atoms with van der Waals surface area (Å²) in [6.07, 6.45) is 1.44. The molecule has 0 bridgehead atoms. The van der Waals surface area contributed by atoms with Crippen LogP contribution in [-0.2, 0) is 20.7 Å². The van der Waals surface area contributed by atoms with Gasteiger partial charge in [-0.05, 0) is 72.9 Å². The number of anilines is 1. The quantitative estimate of drug-likeness (QED) is 0.369. The molecule has 42 heavy (non-hydrogen) atoms. The number of piperazine rings is 1. The van der Waals surface area contributed by atoms with E-state index in [2.05, 4.69) is 27.2 Å². The largest absolute Gasteiger partial charge is 0.457 e. The lowest BCUT2D eigenvalue weighted by molar-refractivity contribution is -0.138. The van der Waals surface area contributed by atoms with E-state index >= 15 is 0 Å². The van der Waals surface area contributed by atoms with Gasteiger partial charge < -0.3 is 19.7 Å². The number of hydrogen-bond acceptors (Lipinski definition) is 6. The standard InChI is InChI=1S/C33H39FN4O4/c1-41-20-19-36-15-17-37(18-16-36)24-32(39)38-23-26(21-25-5-3-2-4-6-25)22-31(38)33(40)35-28-9-13-30(14-10-28)42-29-11-7-27(34)8-12-29/h2-14,26,31H,15-24H2,1H3,(H,35,40)/t26-,31+/m1/s1. The predicted octanol–water partition coefficient (Wildman–Crippen LogP) is 4.28. The number of nitrogens with one attached hydrogen (secondary N) is 1. The van der Waals surface area contributed by atoms with E-state index in [0.29, 0.717) is 43.3 Å². The molecule has 0 unspecified atom stereocenters. The molecule has 0 saturated carbocycles. The summed E-state index contributed by atoms with van der Waals surface area (Å²) in [6, 6.07) is 22.5. The molecule has 5 rings (SSSR count). The zero-order valence-corrected chi connectivity index (χ0v) is 24.1. The second kappa shape index (κ2) is 14.4. The van der Waals surface area contributed by atoms with Crippen LogP contribution in [0.15, 0.2) is 78.9 Å². The summed E-state index contributed by atoms with van der Waals surface area (Å²) in [5, 5.41) is 3.01. The van der Waals surface area contributed by atoms with Gasteiger partial charge in [-0.1, -0.05) is 30.3 Å². The van der Waals surface area contributed by atoms with Crippen LogP contribution < -0.4 is 10.1 Å². The van der Waals surface area contributed by atoms with Crippen molar-refractivity contribution >= 4 is 17.5 Å². The molecule has 0 radical (unpaired) electrons. The number of ether oxygens (including phenoxy) is 2. The maximum absolute atomic E-state index is 13.6. The lowest BCUT2D eigenvalue weighted by Gasteiger charge is -2.35. The minimum atomic E-state index is -0.538. The second-order valence-electron chi connectivity index (χ2n) is 11.0. The van der Waals surface area contributed by atoms with E-state index in [1.165, 1.54) is 17.7 Å². The molecule has 3 aromatic carbocycles. The third-order valence-corrected chi connectivity index (χ3v) is 7.98. The zero-order valence-electron chi connectivity index (χ0n) is 24.1. The molecule has 2 saturated heterocycles. The molecule has 1 N–H and O–H groups in total. The second-order valence-corrected chi connectivity index (χ2v) is 11.0. The first kappa shape index (κ1) is 29.7. The summed E-state index contributed by atoms with van der Waals surface area (Å²) in [5.74, 6) is 0.780. The van der Waals surface area contributed by atoms with Crippen molar-refractivity contribution in [3.05, 3.63) is 90.2 Å². The van der Waals surface area contributed by atoms with E-state index < -0.39 is 6.04 Å². The van der Waals surface area contributed by atoms with Gasteiger partial charge in [0, 0.05) is 52.1 Å². The normalized spacial score (nSPS) is 19.5. The minimum Gasteiger partial charge on any atom is -0.457 e. The van der Waals surface area contributed by atoms with Crippen molar-refractivity contribution < 1.29 is 23.5 Å². The Hall–Kier alpha value is -3.79. The van der Waals surface area contributed by atoms with E-state index in [0.717, 1.165) is 39.1 Å².